The highest BCUT2D eigenvalue weighted by Crippen LogP contribution is 2.25. The summed E-state index contributed by atoms with van der Waals surface area (Å²) >= 11 is 3.41. The molecule has 1 aromatic heterocycles. The van der Waals surface area contributed by atoms with Gasteiger partial charge in [0, 0.05) is 22.3 Å². The van der Waals surface area contributed by atoms with E-state index in [9.17, 15) is 0 Å². The van der Waals surface area contributed by atoms with Gasteiger partial charge in [-0.3, -0.25) is 0 Å². The number of aromatic nitrogens is 2. The number of halogens is 1. The monoisotopic (exact) mass is 304 g/mol. The molecule has 0 radical (unpaired) electrons. The summed E-state index contributed by atoms with van der Waals surface area (Å²) in [6, 6.07) is 10.5. The first-order valence-electron chi connectivity index (χ1n) is 5.91. The first kappa shape index (κ1) is 11.5. The van der Waals surface area contributed by atoms with Gasteiger partial charge < -0.3 is 10.6 Å². The molecule has 5 heteroatoms. The molecule has 0 atom stereocenters. The van der Waals surface area contributed by atoms with E-state index in [1.54, 1.807) is 6.33 Å². The third-order valence-electron chi connectivity index (χ3n) is 2.71. The molecule has 1 aliphatic carbocycles. The highest BCUT2D eigenvalue weighted by molar-refractivity contribution is 9.10. The Labute approximate surface area is 114 Å². The molecule has 2 N–H and O–H groups in total. The van der Waals surface area contributed by atoms with Gasteiger partial charge in [-0.1, -0.05) is 15.9 Å². The molecule has 0 aliphatic heterocycles. The van der Waals surface area contributed by atoms with Crippen molar-refractivity contribution in [2.45, 2.75) is 18.9 Å². The molecule has 92 valence electrons. The average Bonchev–Trinajstić information content (AvgIpc) is 3.17. The van der Waals surface area contributed by atoms with Crippen LogP contribution in [-0.2, 0) is 0 Å². The van der Waals surface area contributed by atoms with E-state index in [2.05, 4.69) is 36.5 Å². The predicted octanol–water partition coefficient (Wildman–Crippen LogP) is 3.56. The molecule has 3 rings (SSSR count). The summed E-state index contributed by atoms with van der Waals surface area (Å²) in [6.07, 6.45) is 4.05. The predicted molar refractivity (Wildman–Crippen MR) is 76.1 cm³/mol. The summed E-state index contributed by atoms with van der Waals surface area (Å²) in [7, 11) is 0. The standard InChI is InChI=1S/C13H13BrN4/c14-9-1-3-10(4-2-9)17-12-7-13(16-8-15-12)18-11-5-6-11/h1-4,7-8,11H,5-6H2,(H2,15,16,17,18). The normalized spacial score (nSPS) is 14.3. The molecule has 0 spiro atoms. The molecule has 1 heterocycles. The van der Waals surface area contributed by atoms with Crippen LogP contribution in [0, 0.1) is 0 Å². The summed E-state index contributed by atoms with van der Waals surface area (Å²) in [5, 5.41) is 6.61. The van der Waals surface area contributed by atoms with Crippen molar-refractivity contribution in [2.75, 3.05) is 10.6 Å². The lowest BCUT2D eigenvalue weighted by Gasteiger charge is -2.08. The van der Waals surface area contributed by atoms with Crippen molar-refractivity contribution in [3.8, 4) is 0 Å². The molecule has 1 fully saturated rings. The van der Waals surface area contributed by atoms with Crippen LogP contribution >= 0.6 is 15.9 Å². The largest absolute Gasteiger partial charge is 0.367 e. The zero-order valence-corrected chi connectivity index (χ0v) is 11.3. The lowest BCUT2D eigenvalue weighted by atomic mass is 10.3. The summed E-state index contributed by atoms with van der Waals surface area (Å²) in [5.41, 5.74) is 1.01. The van der Waals surface area contributed by atoms with E-state index in [-0.39, 0.29) is 0 Å². The van der Waals surface area contributed by atoms with Crippen molar-refractivity contribution in [1.82, 2.24) is 9.97 Å². The summed E-state index contributed by atoms with van der Waals surface area (Å²) in [6.45, 7) is 0. The van der Waals surface area contributed by atoms with Gasteiger partial charge in [-0.15, -0.1) is 0 Å². The second kappa shape index (κ2) is 4.94. The number of hydrogen-bond donors (Lipinski definition) is 2. The van der Waals surface area contributed by atoms with E-state index in [0.29, 0.717) is 6.04 Å². The highest BCUT2D eigenvalue weighted by atomic mass is 79.9. The molecule has 0 amide bonds. The Kier molecular flexibility index (Phi) is 3.15. The first-order valence-corrected chi connectivity index (χ1v) is 6.70. The molecule has 1 saturated carbocycles. The Morgan fingerprint density at radius 2 is 1.78 bits per heavy atom. The third-order valence-corrected chi connectivity index (χ3v) is 3.24. The van der Waals surface area contributed by atoms with E-state index < -0.39 is 0 Å². The van der Waals surface area contributed by atoms with E-state index in [1.807, 2.05) is 30.3 Å². The maximum Gasteiger partial charge on any atom is 0.135 e. The number of rotatable bonds is 4. The Morgan fingerprint density at radius 1 is 1.06 bits per heavy atom. The van der Waals surface area contributed by atoms with Crippen LogP contribution in [0.3, 0.4) is 0 Å². The van der Waals surface area contributed by atoms with Crippen LogP contribution < -0.4 is 10.6 Å². The van der Waals surface area contributed by atoms with Crippen LogP contribution in [0.1, 0.15) is 12.8 Å². The Morgan fingerprint density at radius 3 is 2.50 bits per heavy atom. The summed E-state index contributed by atoms with van der Waals surface area (Å²) in [4.78, 5) is 8.42. The maximum absolute atomic E-state index is 4.21. The van der Waals surface area contributed by atoms with Crippen LogP contribution in [0.4, 0.5) is 17.3 Å². The zero-order valence-electron chi connectivity index (χ0n) is 9.73. The Bertz CT molecular complexity index is 537. The van der Waals surface area contributed by atoms with Crippen molar-refractivity contribution in [3.63, 3.8) is 0 Å². The van der Waals surface area contributed by atoms with Gasteiger partial charge in [-0.2, -0.15) is 0 Å². The minimum atomic E-state index is 0.598. The van der Waals surface area contributed by atoms with Crippen LogP contribution in [0.25, 0.3) is 0 Å². The number of nitrogens with zero attached hydrogens (tertiary/aromatic N) is 2. The second-order valence-corrected chi connectivity index (χ2v) is 5.25. The Balaban J connectivity index is 1.73. The van der Waals surface area contributed by atoms with Crippen molar-refractivity contribution < 1.29 is 0 Å². The van der Waals surface area contributed by atoms with E-state index in [0.717, 1.165) is 21.8 Å². The third kappa shape index (κ3) is 2.98. The van der Waals surface area contributed by atoms with E-state index in [4.69, 9.17) is 0 Å². The van der Waals surface area contributed by atoms with Crippen molar-refractivity contribution in [1.29, 1.82) is 0 Å². The molecule has 0 saturated heterocycles. The topological polar surface area (TPSA) is 49.8 Å². The SMILES string of the molecule is Brc1ccc(Nc2cc(NC3CC3)ncn2)cc1. The van der Waals surface area contributed by atoms with Gasteiger partial charge in [-0.25, -0.2) is 9.97 Å². The molecular formula is C13H13BrN4. The average molecular weight is 305 g/mol. The number of nitrogens with one attached hydrogen (secondary N) is 2. The van der Waals surface area contributed by atoms with Crippen molar-refractivity contribution >= 4 is 33.3 Å². The fourth-order valence-electron chi connectivity index (χ4n) is 1.62. The fraction of sp³-hybridized carbons (Fsp3) is 0.231. The summed E-state index contributed by atoms with van der Waals surface area (Å²) < 4.78 is 1.06. The van der Waals surface area contributed by atoms with Crippen LogP contribution in [0.15, 0.2) is 41.1 Å². The number of benzene rings is 1. The van der Waals surface area contributed by atoms with Crippen LogP contribution in [-0.4, -0.2) is 16.0 Å². The van der Waals surface area contributed by atoms with Gasteiger partial charge >= 0.3 is 0 Å². The van der Waals surface area contributed by atoms with Gasteiger partial charge in [0.25, 0.3) is 0 Å². The van der Waals surface area contributed by atoms with Gasteiger partial charge in [0.15, 0.2) is 0 Å². The minimum absolute atomic E-state index is 0.598. The number of anilines is 3. The van der Waals surface area contributed by atoms with Crippen LogP contribution in [0.2, 0.25) is 0 Å². The fourth-order valence-corrected chi connectivity index (χ4v) is 1.89. The van der Waals surface area contributed by atoms with E-state index >= 15 is 0 Å². The number of hydrogen-bond acceptors (Lipinski definition) is 4. The quantitative estimate of drug-likeness (QED) is 0.907. The molecule has 1 aromatic carbocycles. The first-order chi connectivity index (χ1) is 8.79. The highest BCUT2D eigenvalue weighted by Gasteiger charge is 2.21. The van der Waals surface area contributed by atoms with E-state index in [1.165, 1.54) is 12.8 Å². The maximum atomic E-state index is 4.21. The van der Waals surface area contributed by atoms with Gasteiger partial charge in [-0.05, 0) is 37.1 Å². The molecule has 0 bridgehead atoms. The summed E-state index contributed by atoms with van der Waals surface area (Å²) in [5.74, 6) is 1.68. The second-order valence-electron chi connectivity index (χ2n) is 4.34. The molecule has 18 heavy (non-hydrogen) atoms. The van der Waals surface area contributed by atoms with Gasteiger partial charge in [0.2, 0.25) is 0 Å². The van der Waals surface area contributed by atoms with Gasteiger partial charge in [0.05, 0.1) is 0 Å². The molecular weight excluding hydrogens is 292 g/mol. The molecule has 4 nitrogen and oxygen atoms in total. The zero-order chi connectivity index (χ0) is 12.4. The Hall–Kier alpha value is -1.62. The van der Waals surface area contributed by atoms with Crippen LogP contribution in [0.5, 0.6) is 0 Å². The van der Waals surface area contributed by atoms with Crippen molar-refractivity contribution in [3.05, 3.63) is 41.1 Å². The smallest absolute Gasteiger partial charge is 0.135 e. The van der Waals surface area contributed by atoms with Crippen molar-refractivity contribution in [2.24, 2.45) is 0 Å². The molecule has 2 aromatic rings. The van der Waals surface area contributed by atoms with Gasteiger partial charge in [0.1, 0.15) is 18.0 Å². The molecule has 0 unspecified atom stereocenters. The minimum Gasteiger partial charge on any atom is -0.367 e. The lowest BCUT2D eigenvalue weighted by Crippen LogP contribution is -2.04. The molecule has 1 aliphatic rings. The lowest BCUT2D eigenvalue weighted by molar-refractivity contribution is 1.08.